The third kappa shape index (κ3) is 16.8. The fraction of sp³-hybridized carbons (Fsp3) is 0.463. The average molecular weight is 1090 g/mol. The molecular weight excluding hydrogens is 1040 g/mol. The molecule has 4 N–H and O–H groups in total. The topological polar surface area (TPSA) is 246 Å². The molecule has 0 aromatic heterocycles. The molecule has 2 atom stereocenters. The summed E-state index contributed by atoms with van der Waals surface area (Å²) in [4.78, 5) is 124. The van der Waals surface area contributed by atoms with Crippen LogP contribution in [0.15, 0.2) is 36.4 Å². The SMILES string of the molecule is CCCCCCC(=O)COc1cccc2c1C(=O)N(C1CCC(=O)NC1=O)C2=O.NCCCCCC(=O)COc1cccc2c1C(=O)N(C1CCC(=O)NC1=O)C2=O.S=S=S=S.S=S=S=S=S. The minimum Gasteiger partial charge on any atom is -0.485 e. The van der Waals surface area contributed by atoms with Crippen LogP contribution in [0.5, 0.6) is 11.5 Å². The molecule has 2 aromatic carbocycles. The fourth-order valence-electron chi connectivity index (χ4n) is 7.07. The number of Topliss-reactive ketones (excluding diaryl/α,β-unsaturated/α-hetero) is 2. The zero-order valence-electron chi connectivity index (χ0n) is 36.0. The van der Waals surface area contributed by atoms with Gasteiger partial charge >= 0.3 is 0 Å². The first-order chi connectivity index (χ1) is 32.2. The molecule has 8 amide bonds. The molecule has 67 heavy (non-hydrogen) atoms. The van der Waals surface area contributed by atoms with Gasteiger partial charge in [-0.1, -0.05) is 44.7 Å². The molecule has 362 valence electrons. The number of benzene rings is 2. The minimum atomic E-state index is -1.04. The molecule has 26 heteroatoms. The zero-order chi connectivity index (χ0) is 49.5. The molecule has 0 aliphatic carbocycles. The summed E-state index contributed by atoms with van der Waals surface area (Å²) in [6.07, 6.45) is 7.39. The molecule has 0 radical (unpaired) electrons. The van der Waals surface area contributed by atoms with Gasteiger partial charge in [-0.15, -0.1) is 0 Å². The van der Waals surface area contributed by atoms with Gasteiger partial charge in [0.25, 0.3) is 23.6 Å². The lowest BCUT2D eigenvalue weighted by Gasteiger charge is -2.27. The number of piperidine rings is 2. The first kappa shape index (κ1) is 57.2. The molecular formula is C41H47N5O12S9. The van der Waals surface area contributed by atoms with Crippen LogP contribution in [0.4, 0.5) is 0 Å². The Labute approximate surface area is 420 Å². The number of ether oxygens (including phenoxy) is 2. The molecule has 6 rings (SSSR count). The van der Waals surface area contributed by atoms with Gasteiger partial charge in [0.05, 0.1) is 22.3 Å². The third-order valence-corrected chi connectivity index (χ3v) is 16.9. The molecule has 2 saturated heterocycles. The van der Waals surface area contributed by atoms with Crippen molar-refractivity contribution < 1.29 is 57.4 Å². The van der Waals surface area contributed by atoms with E-state index in [0.29, 0.717) is 25.8 Å². The molecule has 4 aliphatic heterocycles. The molecule has 4 aliphatic rings. The lowest BCUT2D eigenvalue weighted by molar-refractivity contribution is -0.137. The monoisotopic (exact) mass is 1090 g/mol. The predicted octanol–water partition coefficient (Wildman–Crippen LogP) is 2.54. The van der Waals surface area contributed by atoms with E-state index in [0.717, 1.165) is 48.3 Å². The van der Waals surface area contributed by atoms with Gasteiger partial charge in [-0.25, -0.2) is 0 Å². The molecule has 17 nitrogen and oxygen atoms in total. The van der Waals surface area contributed by atoms with Crippen molar-refractivity contribution in [2.75, 3.05) is 19.8 Å². The number of nitrogens with two attached hydrogens (primary N) is 1. The summed E-state index contributed by atoms with van der Waals surface area (Å²) in [5.74, 6) is -4.63. The van der Waals surface area contributed by atoms with Crippen molar-refractivity contribution in [3.05, 3.63) is 58.7 Å². The summed E-state index contributed by atoms with van der Waals surface area (Å²) >= 11 is 17.5. The number of nitrogens with zero attached hydrogens (tertiary/aromatic N) is 2. The van der Waals surface area contributed by atoms with Crippen molar-refractivity contribution >= 4 is 148 Å². The molecule has 2 fully saturated rings. The van der Waals surface area contributed by atoms with Crippen LogP contribution < -0.4 is 25.8 Å². The van der Waals surface area contributed by atoms with Crippen molar-refractivity contribution in [3.63, 3.8) is 0 Å². The van der Waals surface area contributed by atoms with Crippen LogP contribution in [0.2, 0.25) is 0 Å². The molecule has 0 saturated carbocycles. The molecule has 0 bridgehead atoms. The number of carbonyl (C=O) groups excluding carboxylic acids is 10. The highest BCUT2D eigenvalue weighted by Crippen LogP contribution is 2.35. The maximum atomic E-state index is 12.9. The van der Waals surface area contributed by atoms with E-state index in [1.165, 1.54) is 68.7 Å². The molecule has 4 heterocycles. The third-order valence-electron chi connectivity index (χ3n) is 10.2. The van der Waals surface area contributed by atoms with Crippen molar-refractivity contribution in [2.24, 2.45) is 5.73 Å². The van der Waals surface area contributed by atoms with E-state index in [2.05, 4.69) is 62.3 Å². The molecule has 2 unspecified atom stereocenters. The average Bonchev–Trinajstić information content (AvgIpc) is 3.72. The Morgan fingerprint density at radius 2 is 1.03 bits per heavy atom. The van der Waals surface area contributed by atoms with Crippen molar-refractivity contribution in [3.8, 4) is 11.5 Å². The summed E-state index contributed by atoms with van der Waals surface area (Å²) in [6.45, 7) is 2.29. The fourth-order valence-corrected chi connectivity index (χ4v) is 9.82. The number of carbonyl (C=O) groups is 10. The van der Waals surface area contributed by atoms with E-state index in [1.54, 1.807) is 12.1 Å². The van der Waals surface area contributed by atoms with Crippen molar-refractivity contribution in [1.29, 1.82) is 0 Å². The second-order valence-corrected chi connectivity index (χ2v) is 23.5. The molecule has 0 spiro atoms. The van der Waals surface area contributed by atoms with Gasteiger partial charge in [0, 0.05) is 115 Å². The Morgan fingerprint density at radius 1 is 0.612 bits per heavy atom. The number of ketones is 2. The lowest BCUT2D eigenvalue weighted by atomic mass is 10.0. The number of hydrogen-bond donors (Lipinski definition) is 3. The maximum absolute atomic E-state index is 12.9. The highest BCUT2D eigenvalue weighted by Gasteiger charge is 2.47. The zero-order valence-corrected chi connectivity index (χ0v) is 43.3. The van der Waals surface area contributed by atoms with E-state index >= 15 is 0 Å². The normalized spacial score (nSPS) is 16.9. The number of hydrogen-bond acceptors (Lipinski definition) is 17. The summed E-state index contributed by atoms with van der Waals surface area (Å²) in [6, 6.07) is 7.05. The van der Waals surface area contributed by atoms with Gasteiger partial charge in [0.15, 0.2) is 11.6 Å². The van der Waals surface area contributed by atoms with Crippen LogP contribution in [0.3, 0.4) is 0 Å². The highest BCUT2D eigenvalue weighted by atomic mass is 33.3. The minimum absolute atomic E-state index is 0.0399. The summed E-state index contributed by atoms with van der Waals surface area (Å²) in [5, 5.41) is 4.31. The number of imide groups is 4. The summed E-state index contributed by atoms with van der Waals surface area (Å²) in [7, 11) is 6.29. The van der Waals surface area contributed by atoms with E-state index in [4.69, 9.17) is 15.2 Å². The predicted molar refractivity (Wildman–Crippen MR) is 270 cm³/mol. The first-order valence-corrected chi connectivity index (χ1v) is 30.1. The Kier molecular flexibility index (Phi) is 25.9. The first-order valence-electron chi connectivity index (χ1n) is 20.7. The van der Waals surface area contributed by atoms with Crippen LogP contribution in [0.1, 0.15) is 132 Å². The Hall–Kier alpha value is -4.12. The summed E-state index contributed by atoms with van der Waals surface area (Å²) < 4.78 is 11.1. The molecule has 2 aromatic rings. The number of rotatable bonds is 18. The number of amides is 8. The smallest absolute Gasteiger partial charge is 0.266 e. The standard InChI is InChI=1S/C21H24N2O6.C20H23N3O6.S5.S4/c1-2-3-4-5-7-13(24)12-29-16-9-6-8-14-18(16)21(28)23(20(14)27)15-10-11-17(25)22-19(15)26;21-10-3-1-2-5-12(24)11-29-15-7-4-6-13-17(15)20(28)23(19(13)27)14-8-9-16(25)22-18(14)26;1-3-5-4-2;1-3-4-2/h6,8-9,15H,2-5,7,10-12H2,1H3,(H,22,25,26);4,6-7,14H,1-3,5,8-11,21H2,(H,22,25,26);;. The quantitative estimate of drug-likeness (QED) is 0.143. The van der Waals surface area contributed by atoms with E-state index < -0.39 is 59.3 Å². The van der Waals surface area contributed by atoms with Gasteiger partial charge < -0.3 is 15.2 Å². The maximum Gasteiger partial charge on any atom is 0.266 e. The van der Waals surface area contributed by atoms with Crippen LogP contribution >= 0.6 is 0 Å². The van der Waals surface area contributed by atoms with Crippen LogP contribution in [-0.4, -0.2) is 100 Å². The van der Waals surface area contributed by atoms with E-state index in [9.17, 15) is 47.9 Å². The van der Waals surface area contributed by atoms with Gasteiger partial charge in [0.1, 0.15) is 36.8 Å². The largest absolute Gasteiger partial charge is 0.485 e. The van der Waals surface area contributed by atoms with E-state index in [1.807, 2.05) is 0 Å². The van der Waals surface area contributed by atoms with Crippen molar-refractivity contribution in [1.82, 2.24) is 20.4 Å². The number of fused-ring (bicyclic) bond motifs is 2. The van der Waals surface area contributed by atoms with Gasteiger partial charge in [-0.05, 0) is 62.9 Å². The van der Waals surface area contributed by atoms with Gasteiger partial charge in [0.2, 0.25) is 23.6 Å². The summed E-state index contributed by atoms with van der Waals surface area (Å²) in [5.41, 5.74) is 5.77. The van der Waals surface area contributed by atoms with Gasteiger partial charge in [-0.3, -0.25) is 68.4 Å². The Morgan fingerprint density at radius 3 is 1.37 bits per heavy atom. The van der Waals surface area contributed by atoms with Crippen molar-refractivity contribution in [2.45, 2.75) is 102 Å². The lowest BCUT2D eigenvalue weighted by Crippen LogP contribution is -2.54. The van der Waals surface area contributed by atoms with Crippen LogP contribution in [-0.2, 0) is 118 Å². The number of nitrogens with one attached hydrogen (secondary N) is 2. The Bertz CT molecular complexity index is 2320. The second-order valence-electron chi connectivity index (χ2n) is 14.7. The second kappa shape index (κ2) is 30.4. The highest BCUT2D eigenvalue weighted by molar-refractivity contribution is 8.59. The van der Waals surface area contributed by atoms with Crippen LogP contribution in [0.25, 0.3) is 0 Å². The van der Waals surface area contributed by atoms with Crippen LogP contribution in [0, 0.1) is 0 Å². The number of unbranched alkanes of at least 4 members (excludes halogenated alkanes) is 5. The van der Waals surface area contributed by atoms with E-state index in [-0.39, 0.29) is 84.2 Å². The Balaban J connectivity index is 0.000000301. The van der Waals surface area contributed by atoms with Gasteiger partial charge in [-0.2, -0.15) is 0 Å².